The number of hydrogen-bond acceptors (Lipinski definition) is 4. The number of rotatable bonds is 3. The number of piperidine rings is 1. The van der Waals surface area contributed by atoms with Crippen LogP contribution in [0.4, 0.5) is 0 Å². The highest BCUT2D eigenvalue weighted by Crippen LogP contribution is 2.24. The molecular weight excluding hydrogens is 248 g/mol. The molecule has 2 rings (SSSR count). The van der Waals surface area contributed by atoms with E-state index in [2.05, 4.69) is 23.9 Å². The van der Waals surface area contributed by atoms with Crippen molar-refractivity contribution in [1.29, 1.82) is 0 Å². The minimum atomic E-state index is 0.211. The summed E-state index contributed by atoms with van der Waals surface area (Å²) in [5.74, 6) is 0.656. The maximum absolute atomic E-state index is 12.3. The zero-order valence-corrected chi connectivity index (χ0v) is 12.0. The van der Waals surface area contributed by atoms with Crippen LogP contribution in [0, 0.1) is 0 Å². The van der Waals surface area contributed by atoms with E-state index in [0.29, 0.717) is 17.8 Å². The molecule has 2 heterocycles. The Bertz CT molecular complexity index is 410. The summed E-state index contributed by atoms with van der Waals surface area (Å²) in [5.41, 5.74) is 0. The molecule has 0 spiro atoms. The van der Waals surface area contributed by atoms with Crippen LogP contribution in [0.3, 0.4) is 0 Å². The van der Waals surface area contributed by atoms with Gasteiger partial charge in [-0.3, -0.25) is 4.79 Å². The van der Waals surface area contributed by atoms with Gasteiger partial charge in [-0.2, -0.15) is 5.10 Å². The average molecular weight is 268 g/mol. The van der Waals surface area contributed by atoms with Gasteiger partial charge in [0.2, 0.25) is 5.91 Å². The molecular formula is C12H20N4OS. The van der Waals surface area contributed by atoms with E-state index in [9.17, 15) is 4.79 Å². The molecule has 0 aliphatic carbocycles. The van der Waals surface area contributed by atoms with Crippen molar-refractivity contribution >= 4 is 17.7 Å². The van der Waals surface area contributed by atoms with Gasteiger partial charge >= 0.3 is 0 Å². The molecule has 1 saturated heterocycles. The number of likely N-dealkylation sites (tertiary alicyclic amines) is 1. The second kappa shape index (κ2) is 5.73. The quantitative estimate of drug-likeness (QED) is 0.783. The van der Waals surface area contributed by atoms with Crippen LogP contribution in [-0.2, 0) is 11.8 Å². The second-order valence-corrected chi connectivity index (χ2v) is 5.83. The smallest absolute Gasteiger partial charge is 0.233 e. The van der Waals surface area contributed by atoms with Crippen molar-refractivity contribution in [3.05, 3.63) is 6.33 Å². The monoisotopic (exact) mass is 268 g/mol. The van der Waals surface area contributed by atoms with Crippen molar-refractivity contribution in [3.8, 4) is 0 Å². The van der Waals surface area contributed by atoms with Crippen LogP contribution in [0.5, 0.6) is 0 Å². The van der Waals surface area contributed by atoms with Crippen molar-refractivity contribution in [2.75, 3.05) is 5.75 Å². The fraction of sp³-hybridized carbons (Fsp3) is 0.750. The number of nitrogens with zero attached hydrogens (tertiary/aromatic N) is 4. The molecule has 6 heteroatoms. The topological polar surface area (TPSA) is 51.0 Å². The zero-order valence-electron chi connectivity index (χ0n) is 11.2. The molecule has 1 aliphatic heterocycles. The molecule has 18 heavy (non-hydrogen) atoms. The number of thioether (sulfide) groups is 1. The summed E-state index contributed by atoms with van der Waals surface area (Å²) in [6.07, 6.45) is 4.97. The SMILES string of the molecule is CC1CCCC(C)N1C(=O)CSc1ncnn1C. The van der Waals surface area contributed by atoms with Crippen molar-refractivity contribution < 1.29 is 4.79 Å². The summed E-state index contributed by atoms with van der Waals surface area (Å²) in [4.78, 5) is 18.4. The molecule has 5 nitrogen and oxygen atoms in total. The Kier molecular flexibility index (Phi) is 4.27. The number of amides is 1. The first-order chi connectivity index (χ1) is 8.59. The van der Waals surface area contributed by atoms with Gasteiger partial charge < -0.3 is 4.90 Å². The highest BCUT2D eigenvalue weighted by Gasteiger charge is 2.28. The Hall–Kier alpha value is -1.04. The van der Waals surface area contributed by atoms with E-state index in [1.165, 1.54) is 24.5 Å². The van der Waals surface area contributed by atoms with Crippen LogP contribution < -0.4 is 0 Å². The molecule has 0 N–H and O–H groups in total. The van der Waals surface area contributed by atoms with E-state index in [-0.39, 0.29) is 5.91 Å². The van der Waals surface area contributed by atoms with Crippen LogP contribution in [0.25, 0.3) is 0 Å². The van der Waals surface area contributed by atoms with Crippen LogP contribution in [0.2, 0.25) is 0 Å². The predicted molar refractivity (Wildman–Crippen MR) is 71.3 cm³/mol. The molecule has 1 aromatic heterocycles. The van der Waals surface area contributed by atoms with E-state index in [0.717, 1.165) is 18.0 Å². The third-order valence-corrected chi connectivity index (χ3v) is 4.50. The van der Waals surface area contributed by atoms with Gasteiger partial charge in [-0.1, -0.05) is 11.8 Å². The standard InChI is InChI=1S/C12H20N4OS/c1-9-5-4-6-10(2)16(9)11(17)7-18-12-13-8-14-15(12)3/h8-10H,4-7H2,1-3H3. The molecule has 0 aromatic carbocycles. The van der Waals surface area contributed by atoms with Gasteiger partial charge in [0.1, 0.15) is 6.33 Å². The summed E-state index contributed by atoms with van der Waals surface area (Å²) >= 11 is 1.46. The lowest BCUT2D eigenvalue weighted by molar-refractivity contribution is -0.134. The van der Waals surface area contributed by atoms with Crippen LogP contribution >= 0.6 is 11.8 Å². The van der Waals surface area contributed by atoms with Gasteiger partial charge in [0, 0.05) is 19.1 Å². The Morgan fingerprint density at radius 1 is 1.44 bits per heavy atom. The largest absolute Gasteiger partial charge is 0.337 e. The van der Waals surface area contributed by atoms with E-state index >= 15 is 0 Å². The molecule has 0 saturated carbocycles. The molecule has 1 aromatic rings. The lowest BCUT2D eigenvalue weighted by atomic mass is 9.98. The van der Waals surface area contributed by atoms with Gasteiger partial charge in [0.15, 0.2) is 5.16 Å². The first kappa shape index (κ1) is 13.4. The van der Waals surface area contributed by atoms with Crippen molar-refractivity contribution in [3.63, 3.8) is 0 Å². The van der Waals surface area contributed by atoms with Gasteiger partial charge in [-0.25, -0.2) is 9.67 Å². The maximum Gasteiger partial charge on any atom is 0.233 e. The van der Waals surface area contributed by atoms with Crippen molar-refractivity contribution in [2.45, 2.75) is 50.4 Å². The zero-order chi connectivity index (χ0) is 13.1. The minimum absolute atomic E-state index is 0.211. The van der Waals surface area contributed by atoms with Gasteiger partial charge in [-0.15, -0.1) is 0 Å². The third-order valence-electron chi connectivity index (χ3n) is 3.48. The summed E-state index contributed by atoms with van der Waals surface area (Å²) in [7, 11) is 1.84. The van der Waals surface area contributed by atoms with E-state index < -0.39 is 0 Å². The second-order valence-electron chi connectivity index (χ2n) is 4.88. The van der Waals surface area contributed by atoms with E-state index in [1.54, 1.807) is 4.68 Å². The van der Waals surface area contributed by atoms with Crippen molar-refractivity contribution in [2.24, 2.45) is 7.05 Å². The molecule has 0 radical (unpaired) electrons. The molecule has 1 amide bonds. The fourth-order valence-corrected chi connectivity index (χ4v) is 3.29. The minimum Gasteiger partial charge on any atom is -0.337 e. The summed E-state index contributed by atoms with van der Waals surface area (Å²) < 4.78 is 1.70. The van der Waals surface area contributed by atoms with E-state index in [1.807, 2.05) is 11.9 Å². The number of hydrogen-bond donors (Lipinski definition) is 0. The summed E-state index contributed by atoms with van der Waals surface area (Å²) in [6, 6.07) is 0.725. The number of aryl methyl sites for hydroxylation is 1. The van der Waals surface area contributed by atoms with Gasteiger partial charge in [-0.05, 0) is 33.1 Å². The first-order valence-electron chi connectivity index (χ1n) is 6.37. The lowest BCUT2D eigenvalue weighted by Gasteiger charge is -2.39. The van der Waals surface area contributed by atoms with Crippen LogP contribution in [-0.4, -0.2) is 43.4 Å². The molecule has 100 valence electrons. The molecule has 1 aliphatic rings. The number of carbonyl (C=O) groups is 1. The highest BCUT2D eigenvalue weighted by atomic mass is 32.2. The Morgan fingerprint density at radius 3 is 2.67 bits per heavy atom. The van der Waals surface area contributed by atoms with Crippen LogP contribution in [0.1, 0.15) is 33.1 Å². The van der Waals surface area contributed by atoms with Crippen molar-refractivity contribution in [1.82, 2.24) is 19.7 Å². The van der Waals surface area contributed by atoms with Crippen LogP contribution in [0.15, 0.2) is 11.5 Å². The molecule has 2 unspecified atom stereocenters. The average Bonchev–Trinajstić information content (AvgIpc) is 2.72. The highest BCUT2D eigenvalue weighted by molar-refractivity contribution is 7.99. The molecule has 2 atom stereocenters. The predicted octanol–water partition coefficient (Wildman–Crippen LogP) is 1.70. The summed E-state index contributed by atoms with van der Waals surface area (Å²) in [5, 5.41) is 4.79. The Balaban J connectivity index is 1.93. The maximum atomic E-state index is 12.3. The normalized spacial score (nSPS) is 24.3. The molecule has 1 fully saturated rings. The Morgan fingerprint density at radius 2 is 2.11 bits per heavy atom. The van der Waals surface area contributed by atoms with E-state index in [4.69, 9.17) is 0 Å². The van der Waals surface area contributed by atoms with Gasteiger partial charge in [0.25, 0.3) is 0 Å². The third kappa shape index (κ3) is 2.85. The summed E-state index contributed by atoms with van der Waals surface area (Å²) in [6.45, 7) is 4.28. The Labute approximate surface area is 112 Å². The first-order valence-corrected chi connectivity index (χ1v) is 7.36. The number of carbonyl (C=O) groups excluding carboxylic acids is 1. The lowest BCUT2D eigenvalue weighted by Crippen LogP contribution is -2.48. The molecule has 0 bridgehead atoms. The number of aromatic nitrogens is 3. The fourth-order valence-electron chi connectivity index (χ4n) is 2.53. The van der Waals surface area contributed by atoms with Gasteiger partial charge in [0.05, 0.1) is 5.75 Å².